The van der Waals surface area contributed by atoms with Crippen LogP contribution >= 0.6 is 0 Å². The van der Waals surface area contributed by atoms with Crippen LogP contribution in [-0.2, 0) is 26.1 Å². The van der Waals surface area contributed by atoms with Crippen molar-refractivity contribution in [3.63, 3.8) is 0 Å². The minimum Gasteiger partial charge on any atom is -0.497 e. The van der Waals surface area contributed by atoms with E-state index < -0.39 is 0 Å². The van der Waals surface area contributed by atoms with Gasteiger partial charge in [0.1, 0.15) is 5.75 Å². The van der Waals surface area contributed by atoms with Crippen LogP contribution in [0.4, 0.5) is 4.79 Å². The zero-order valence-corrected chi connectivity index (χ0v) is 15.9. The fourth-order valence-corrected chi connectivity index (χ4v) is 3.85. The number of carbonyl (C=O) groups is 1. The Kier molecular flexibility index (Phi) is 4.75. The molecule has 2 amide bonds. The molecule has 0 unspecified atom stereocenters. The number of hydrogen-bond donors (Lipinski definition) is 1. The summed E-state index contributed by atoms with van der Waals surface area (Å²) in [5, 5.41) is 4.37. The number of hydrogen-bond acceptors (Lipinski definition) is 2. The second kappa shape index (κ2) is 7.35. The first-order valence-corrected chi connectivity index (χ1v) is 9.45. The van der Waals surface area contributed by atoms with Gasteiger partial charge in [0.15, 0.2) is 0 Å². The van der Waals surface area contributed by atoms with Gasteiger partial charge in [-0.1, -0.05) is 24.3 Å². The number of methoxy groups -OCH3 is 1. The maximum absolute atomic E-state index is 12.7. The maximum Gasteiger partial charge on any atom is 0.317 e. The molecule has 1 N–H and O–H groups in total. The Bertz CT molecular complexity index is 960. The van der Waals surface area contributed by atoms with Gasteiger partial charge in [0.2, 0.25) is 0 Å². The number of aryl methyl sites for hydroxylation is 1. The molecule has 0 fully saturated rings. The van der Waals surface area contributed by atoms with Crippen molar-refractivity contribution in [2.45, 2.75) is 33.0 Å². The Morgan fingerprint density at radius 2 is 1.96 bits per heavy atom. The molecule has 4 rings (SSSR count). The van der Waals surface area contributed by atoms with Crippen LogP contribution in [0, 0.1) is 0 Å². The largest absolute Gasteiger partial charge is 0.497 e. The third kappa shape index (κ3) is 3.37. The van der Waals surface area contributed by atoms with Crippen molar-refractivity contribution in [1.82, 2.24) is 14.8 Å². The molecular weight excluding hydrogens is 338 g/mol. The van der Waals surface area contributed by atoms with Gasteiger partial charge in [0.05, 0.1) is 7.11 Å². The van der Waals surface area contributed by atoms with Crippen molar-refractivity contribution in [2.75, 3.05) is 13.7 Å². The van der Waals surface area contributed by atoms with Crippen LogP contribution < -0.4 is 10.1 Å². The van der Waals surface area contributed by atoms with E-state index >= 15 is 0 Å². The third-order valence-corrected chi connectivity index (χ3v) is 5.31. The van der Waals surface area contributed by atoms with Gasteiger partial charge in [-0.15, -0.1) is 0 Å². The molecule has 0 spiro atoms. The highest BCUT2D eigenvalue weighted by molar-refractivity contribution is 5.88. The van der Waals surface area contributed by atoms with E-state index in [0.717, 1.165) is 30.8 Å². The highest BCUT2D eigenvalue weighted by Crippen LogP contribution is 2.29. The second-order valence-electron chi connectivity index (χ2n) is 6.93. The highest BCUT2D eigenvalue weighted by atomic mass is 16.5. The van der Waals surface area contributed by atoms with Crippen molar-refractivity contribution in [1.29, 1.82) is 0 Å². The lowest BCUT2D eigenvalue weighted by atomic mass is 10.1. The Balaban J connectivity index is 1.48. The third-order valence-electron chi connectivity index (χ3n) is 5.31. The minimum absolute atomic E-state index is 0.0173. The van der Waals surface area contributed by atoms with E-state index in [0.29, 0.717) is 13.1 Å². The zero-order valence-electron chi connectivity index (χ0n) is 15.9. The van der Waals surface area contributed by atoms with Gasteiger partial charge in [-0.05, 0) is 48.2 Å². The van der Waals surface area contributed by atoms with Crippen LogP contribution in [0.3, 0.4) is 0 Å². The van der Waals surface area contributed by atoms with Gasteiger partial charge in [0.25, 0.3) is 0 Å². The van der Waals surface area contributed by atoms with E-state index in [2.05, 4.69) is 41.2 Å². The van der Waals surface area contributed by atoms with Gasteiger partial charge in [-0.25, -0.2) is 4.79 Å². The Morgan fingerprint density at radius 1 is 1.15 bits per heavy atom. The predicted octanol–water partition coefficient (Wildman–Crippen LogP) is 3.94. The lowest BCUT2D eigenvalue weighted by Gasteiger charge is -2.22. The highest BCUT2D eigenvalue weighted by Gasteiger charge is 2.21. The first-order chi connectivity index (χ1) is 13.2. The Hall–Kier alpha value is -2.95. The first kappa shape index (κ1) is 17.5. The number of urea groups is 1. The van der Waals surface area contributed by atoms with Gasteiger partial charge < -0.3 is 19.5 Å². The molecular formula is C22H25N3O2. The van der Waals surface area contributed by atoms with Gasteiger partial charge in [0, 0.05) is 43.3 Å². The summed E-state index contributed by atoms with van der Waals surface area (Å²) in [7, 11) is 1.65. The van der Waals surface area contributed by atoms with E-state index in [1.165, 1.54) is 22.0 Å². The summed E-state index contributed by atoms with van der Waals surface area (Å²) in [6, 6.07) is 14.2. The zero-order chi connectivity index (χ0) is 18.8. The topological polar surface area (TPSA) is 46.5 Å². The molecule has 1 aromatic heterocycles. The molecule has 0 atom stereocenters. The summed E-state index contributed by atoms with van der Waals surface area (Å²) in [6.45, 7) is 5.02. The molecule has 0 aliphatic carbocycles. The fraction of sp³-hybridized carbons (Fsp3) is 0.318. The number of rotatable bonds is 4. The number of benzene rings is 2. The summed E-state index contributed by atoms with van der Waals surface area (Å²) >= 11 is 0. The van der Waals surface area contributed by atoms with Crippen molar-refractivity contribution >= 4 is 16.9 Å². The van der Waals surface area contributed by atoms with Crippen molar-refractivity contribution in [3.8, 4) is 5.75 Å². The second-order valence-corrected chi connectivity index (χ2v) is 6.93. The monoisotopic (exact) mass is 363 g/mol. The smallest absolute Gasteiger partial charge is 0.317 e. The van der Waals surface area contributed by atoms with Crippen LogP contribution in [-0.4, -0.2) is 29.2 Å². The molecule has 1 aliphatic heterocycles. The van der Waals surface area contributed by atoms with Gasteiger partial charge in [-0.3, -0.25) is 0 Å². The van der Waals surface area contributed by atoms with E-state index in [4.69, 9.17) is 4.74 Å². The van der Waals surface area contributed by atoms with E-state index in [-0.39, 0.29) is 6.03 Å². The SMILES string of the molecule is CCn1cc2c3c(cccc31)CN(C(=O)NCc1ccc(OC)cc1)CC2. The molecule has 5 heteroatoms. The number of carbonyl (C=O) groups excluding carboxylic acids is 1. The van der Waals surface area contributed by atoms with Crippen LogP contribution in [0.1, 0.15) is 23.6 Å². The van der Waals surface area contributed by atoms with Crippen LogP contribution in [0.5, 0.6) is 5.75 Å². The lowest BCUT2D eigenvalue weighted by Crippen LogP contribution is -2.39. The molecule has 27 heavy (non-hydrogen) atoms. The number of nitrogens with one attached hydrogen (secondary N) is 1. The summed E-state index contributed by atoms with van der Waals surface area (Å²) in [4.78, 5) is 14.7. The molecule has 0 saturated heterocycles. The quantitative estimate of drug-likeness (QED) is 0.763. The molecule has 140 valence electrons. The molecule has 0 saturated carbocycles. The van der Waals surface area contributed by atoms with Crippen LogP contribution in [0.25, 0.3) is 10.9 Å². The minimum atomic E-state index is -0.0173. The van der Waals surface area contributed by atoms with Crippen molar-refractivity contribution in [3.05, 3.63) is 65.4 Å². The summed E-state index contributed by atoms with van der Waals surface area (Å²) in [5.74, 6) is 0.819. The predicted molar refractivity (Wildman–Crippen MR) is 107 cm³/mol. The van der Waals surface area contributed by atoms with Crippen LogP contribution in [0.2, 0.25) is 0 Å². The number of nitrogens with zero attached hydrogens (tertiary/aromatic N) is 2. The first-order valence-electron chi connectivity index (χ1n) is 9.45. The molecule has 1 aliphatic rings. The van der Waals surface area contributed by atoms with Crippen molar-refractivity contribution < 1.29 is 9.53 Å². The van der Waals surface area contributed by atoms with E-state index in [9.17, 15) is 4.79 Å². The molecule has 5 nitrogen and oxygen atoms in total. The van der Waals surface area contributed by atoms with Gasteiger partial charge in [-0.2, -0.15) is 0 Å². The number of ether oxygens (including phenoxy) is 1. The molecule has 2 aromatic carbocycles. The van der Waals surface area contributed by atoms with Crippen molar-refractivity contribution in [2.24, 2.45) is 0 Å². The van der Waals surface area contributed by atoms with Gasteiger partial charge >= 0.3 is 6.03 Å². The fourth-order valence-electron chi connectivity index (χ4n) is 3.85. The number of amides is 2. The summed E-state index contributed by atoms with van der Waals surface area (Å²) in [5.41, 5.74) is 4.90. The number of aromatic nitrogens is 1. The normalized spacial score (nSPS) is 13.5. The summed E-state index contributed by atoms with van der Waals surface area (Å²) < 4.78 is 7.47. The van der Waals surface area contributed by atoms with E-state index in [1.807, 2.05) is 29.2 Å². The maximum atomic E-state index is 12.7. The summed E-state index contributed by atoms with van der Waals surface area (Å²) in [6.07, 6.45) is 3.13. The lowest BCUT2D eigenvalue weighted by molar-refractivity contribution is 0.196. The van der Waals surface area contributed by atoms with E-state index in [1.54, 1.807) is 7.11 Å². The Morgan fingerprint density at radius 3 is 2.70 bits per heavy atom. The molecule has 0 radical (unpaired) electrons. The molecule has 0 bridgehead atoms. The standard InChI is InChI=1S/C22H25N3O2/c1-3-24-14-18-11-12-25(15-17-5-4-6-20(24)21(17)18)22(26)23-13-16-7-9-19(27-2)10-8-16/h4-10,14H,3,11-13,15H2,1-2H3,(H,23,26). The van der Waals surface area contributed by atoms with Crippen LogP contribution in [0.15, 0.2) is 48.7 Å². The average Bonchev–Trinajstić information content (AvgIpc) is 2.97. The average molecular weight is 363 g/mol. The molecule has 3 aromatic rings. The Labute approximate surface area is 159 Å². The molecule has 2 heterocycles.